The Morgan fingerprint density at radius 1 is 1.53 bits per heavy atom. The zero-order valence-electron chi connectivity index (χ0n) is 9.74. The minimum absolute atomic E-state index is 0.0819. The monoisotopic (exact) mass is 210 g/mol. The summed E-state index contributed by atoms with van der Waals surface area (Å²) in [7, 11) is 0. The molecule has 0 spiro atoms. The smallest absolute Gasteiger partial charge is 0.305 e. The van der Waals surface area contributed by atoms with Gasteiger partial charge in [-0.2, -0.15) is 5.10 Å². The fourth-order valence-electron chi connectivity index (χ4n) is 1.98. The third-order valence-corrected chi connectivity index (χ3v) is 2.72. The molecule has 1 atom stereocenters. The number of carboxylic acid groups (broad SMARTS) is 1. The minimum atomic E-state index is -0.784. The van der Waals surface area contributed by atoms with Crippen LogP contribution in [0.3, 0.4) is 0 Å². The van der Waals surface area contributed by atoms with Crippen molar-refractivity contribution in [2.75, 3.05) is 0 Å². The van der Waals surface area contributed by atoms with Gasteiger partial charge in [0.15, 0.2) is 0 Å². The van der Waals surface area contributed by atoms with E-state index in [1.54, 1.807) is 0 Å². The molecule has 0 aliphatic rings. The number of carboxylic acids is 1. The van der Waals surface area contributed by atoms with Crippen LogP contribution in [0.2, 0.25) is 0 Å². The first-order valence-electron chi connectivity index (χ1n) is 5.23. The molecule has 0 aliphatic heterocycles. The molecule has 0 saturated heterocycles. The fraction of sp³-hybridized carbons (Fsp3) is 0.636. The Labute approximate surface area is 89.9 Å². The van der Waals surface area contributed by atoms with Gasteiger partial charge in [0.05, 0.1) is 18.2 Å². The predicted octanol–water partition coefficient (Wildman–Crippen LogP) is 2.10. The van der Waals surface area contributed by atoms with Gasteiger partial charge in [0.2, 0.25) is 0 Å². The molecule has 0 saturated carbocycles. The van der Waals surface area contributed by atoms with E-state index < -0.39 is 5.97 Å². The molecule has 0 bridgehead atoms. The maximum absolute atomic E-state index is 10.6. The lowest BCUT2D eigenvalue weighted by atomic mass is 10.1. The molecule has 1 heterocycles. The van der Waals surface area contributed by atoms with Crippen LogP contribution >= 0.6 is 0 Å². The van der Waals surface area contributed by atoms with Gasteiger partial charge in [0, 0.05) is 5.69 Å². The zero-order valence-corrected chi connectivity index (χ0v) is 9.74. The molecule has 1 aromatic heterocycles. The average Bonchev–Trinajstić information content (AvgIpc) is 2.40. The van der Waals surface area contributed by atoms with E-state index in [0.717, 1.165) is 17.8 Å². The quantitative estimate of drug-likeness (QED) is 0.828. The van der Waals surface area contributed by atoms with Gasteiger partial charge in [0.1, 0.15) is 0 Å². The number of rotatable bonds is 4. The molecule has 84 valence electrons. The van der Waals surface area contributed by atoms with Crippen LogP contribution in [0.1, 0.15) is 43.3 Å². The molecule has 0 fully saturated rings. The van der Waals surface area contributed by atoms with Crippen molar-refractivity contribution in [3.8, 4) is 0 Å². The van der Waals surface area contributed by atoms with E-state index in [-0.39, 0.29) is 12.5 Å². The maximum atomic E-state index is 10.6. The van der Waals surface area contributed by atoms with Crippen molar-refractivity contribution in [1.82, 2.24) is 9.78 Å². The van der Waals surface area contributed by atoms with E-state index in [9.17, 15) is 4.79 Å². The molecule has 0 amide bonds. The van der Waals surface area contributed by atoms with Gasteiger partial charge in [-0.15, -0.1) is 0 Å². The third kappa shape index (κ3) is 2.37. The summed E-state index contributed by atoms with van der Waals surface area (Å²) in [6.45, 7) is 7.93. The van der Waals surface area contributed by atoms with E-state index in [1.807, 2.05) is 25.5 Å². The predicted molar refractivity (Wildman–Crippen MR) is 58.0 cm³/mol. The summed E-state index contributed by atoms with van der Waals surface area (Å²) in [5.41, 5.74) is 3.32. The number of aryl methyl sites for hydroxylation is 1. The largest absolute Gasteiger partial charge is 0.481 e. The number of nitrogens with zero attached hydrogens (tertiary/aromatic N) is 2. The van der Waals surface area contributed by atoms with Crippen LogP contribution in [-0.4, -0.2) is 20.9 Å². The molecule has 0 radical (unpaired) electrons. The normalized spacial score (nSPS) is 12.8. The van der Waals surface area contributed by atoms with E-state index in [4.69, 9.17) is 5.11 Å². The lowest BCUT2D eigenvalue weighted by Gasteiger charge is -2.11. The molecule has 4 nitrogen and oxygen atoms in total. The summed E-state index contributed by atoms with van der Waals surface area (Å²) in [4.78, 5) is 10.6. The molecule has 1 N–H and O–H groups in total. The highest BCUT2D eigenvalue weighted by molar-refractivity contribution is 5.67. The van der Waals surface area contributed by atoms with Gasteiger partial charge in [-0.05, 0) is 32.8 Å². The van der Waals surface area contributed by atoms with Crippen LogP contribution in [0.5, 0.6) is 0 Å². The standard InChI is InChI=1S/C11H18N2O2/c1-5-10-8(3)12-13(9(10)4)7(2)6-11(14)15/h7H,5-6H2,1-4H3,(H,14,15). The van der Waals surface area contributed by atoms with Crippen molar-refractivity contribution >= 4 is 5.97 Å². The molecular weight excluding hydrogens is 192 g/mol. The van der Waals surface area contributed by atoms with E-state index >= 15 is 0 Å². The highest BCUT2D eigenvalue weighted by Crippen LogP contribution is 2.19. The molecule has 1 unspecified atom stereocenters. The number of aromatic nitrogens is 2. The summed E-state index contributed by atoms with van der Waals surface area (Å²) in [6, 6.07) is -0.0819. The average molecular weight is 210 g/mol. The topological polar surface area (TPSA) is 55.1 Å². The summed E-state index contributed by atoms with van der Waals surface area (Å²) < 4.78 is 1.82. The van der Waals surface area contributed by atoms with Crippen molar-refractivity contribution in [2.24, 2.45) is 0 Å². The second kappa shape index (κ2) is 4.47. The number of hydrogen-bond acceptors (Lipinski definition) is 2. The molecule has 1 aromatic rings. The Kier molecular flexibility index (Phi) is 3.50. The summed E-state index contributed by atoms with van der Waals surface area (Å²) in [5.74, 6) is -0.784. The van der Waals surface area contributed by atoms with Crippen molar-refractivity contribution in [3.05, 3.63) is 17.0 Å². The van der Waals surface area contributed by atoms with Crippen LogP contribution in [0.25, 0.3) is 0 Å². The second-order valence-electron chi connectivity index (χ2n) is 3.89. The number of aliphatic carboxylic acids is 1. The summed E-state index contributed by atoms with van der Waals surface area (Å²) in [5, 5.41) is 13.1. The first kappa shape index (κ1) is 11.8. The van der Waals surface area contributed by atoms with Gasteiger partial charge in [0.25, 0.3) is 0 Å². The Hall–Kier alpha value is -1.32. The second-order valence-corrected chi connectivity index (χ2v) is 3.89. The molecule has 4 heteroatoms. The van der Waals surface area contributed by atoms with Gasteiger partial charge in [-0.25, -0.2) is 0 Å². The Balaban J connectivity index is 2.99. The number of carbonyl (C=O) groups is 1. The van der Waals surface area contributed by atoms with Gasteiger partial charge < -0.3 is 5.11 Å². The van der Waals surface area contributed by atoms with Crippen LogP contribution in [0, 0.1) is 13.8 Å². The molecule has 15 heavy (non-hydrogen) atoms. The van der Waals surface area contributed by atoms with E-state index in [0.29, 0.717) is 0 Å². The highest BCUT2D eigenvalue weighted by Gasteiger charge is 2.16. The number of hydrogen-bond donors (Lipinski definition) is 1. The fourth-order valence-corrected chi connectivity index (χ4v) is 1.98. The highest BCUT2D eigenvalue weighted by atomic mass is 16.4. The minimum Gasteiger partial charge on any atom is -0.481 e. The first-order valence-corrected chi connectivity index (χ1v) is 5.23. The molecular formula is C11H18N2O2. The summed E-state index contributed by atoms with van der Waals surface area (Å²) in [6.07, 6.45) is 1.06. The molecule has 0 aromatic carbocycles. The SMILES string of the molecule is CCc1c(C)nn(C(C)CC(=O)O)c1C. The molecule has 1 rings (SSSR count). The van der Waals surface area contributed by atoms with Crippen molar-refractivity contribution < 1.29 is 9.90 Å². The lowest BCUT2D eigenvalue weighted by molar-refractivity contribution is -0.137. The Morgan fingerprint density at radius 3 is 2.53 bits per heavy atom. The van der Waals surface area contributed by atoms with Gasteiger partial charge >= 0.3 is 5.97 Å². The van der Waals surface area contributed by atoms with E-state index in [2.05, 4.69) is 12.0 Å². The molecule has 0 aliphatic carbocycles. The van der Waals surface area contributed by atoms with Crippen molar-refractivity contribution in [1.29, 1.82) is 0 Å². The third-order valence-electron chi connectivity index (χ3n) is 2.72. The van der Waals surface area contributed by atoms with Gasteiger partial charge in [-0.1, -0.05) is 6.92 Å². The maximum Gasteiger partial charge on any atom is 0.305 e. The Morgan fingerprint density at radius 2 is 2.13 bits per heavy atom. The van der Waals surface area contributed by atoms with Crippen LogP contribution in [0.15, 0.2) is 0 Å². The van der Waals surface area contributed by atoms with Crippen molar-refractivity contribution in [3.63, 3.8) is 0 Å². The lowest BCUT2D eigenvalue weighted by Crippen LogP contribution is -2.13. The van der Waals surface area contributed by atoms with Crippen LogP contribution < -0.4 is 0 Å². The Bertz CT molecular complexity index is 369. The van der Waals surface area contributed by atoms with Crippen LogP contribution in [0.4, 0.5) is 0 Å². The zero-order chi connectivity index (χ0) is 11.6. The summed E-state index contributed by atoms with van der Waals surface area (Å²) >= 11 is 0. The first-order chi connectivity index (χ1) is 6.97. The van der Waals surface area contributed by atoms with E-state index in [1.165, 1.54) is 5.56 Å². The van der Waals surface area contributed by atoms with Crippen molar-refractivity contribution in [2.45, 2.75) is 46.6 Å². The van der Waals surface area contributed by atoms with Gasteiger partial charge in [-0.3, -0.25) is 9.48 Å². The van der Waals surface area contributed by atoms with Crippen LogP contribution in [-0.2, 0) is 11.2 Å².